The molecule has 86 valence electrons. The Labute approximate surface area is 100 Å². The molecule has 0 aromatic rings. The zero-order valence-corrected chi connectivity index (χ0v) is 10.9. The third kappa shape index (κ3) is 2.97. The van der Waals surface area contributed by atoms with Gasteiger partial charge in [-0.2, -0.15) is 23.5 Å². The minimum absolute atomic E-state index is 0.440. The molecule has 5 heteroatoms. The molecular formula is C10H19N3S2. The van der Waals surface area contributed by atoms with Gasteiger partial charge >= 0.3 is 0 Å². The highest BCUT2D eigenvalue weighted by molar-refractivity contribution is 8.00. The van der Waals surface area contributed by atoms with E-state index in [1.165, 1.54) is 24.3 Å². The van der Waals surface area contributed by atoms with E-state index in [1.54, 1.807) is 0 Å². The van der Waals surface area contributed by atoms with E-state index in [2.05, 4.69) is 16.1 Å². The van der Waals surface area contributed by atoms with Gasteiger partial charge in [0.05, 0.1) is 6.54 Å². The van der Waals surface area contributed by atoms with E-state index in [1.807, 2.05) is 23.5 Å². The Morgan fingerprint density at radius 1 is 1.47 bits per heavy atom. The fraction of sp³-hybridized carbons (Fsp3) is 0.900. The molecule has 0 radical (unpaired) electrons. The molecule has 2 aliphatic rings. The predicted octanol–water partition coefficient (Wildman–Crippen LogP) is 1.25. The largest absolute Gasteiger partial charge is 0.370 e. The number of aliphatic imine (C=N–C) groups is 1. The molecule has 0 unspecified atom stereocenters. The fourth-order valence-electron chi connectivity index (χ4n) is 1.68. The van der Waals surface area contributed by atoms with Crippen LogP contribution in [0.25, 0.3) is 0 Å². The summed E-state index contributed by atoms with van der Waals surface area (Å²) in [5.74, 6) is 3.13. The van der Waals surface area contributed by atoms with Crippen molar-refractivity contribution in [2.75, 3.05) is 37.4 Å². The van der Waals surface area contributed by atoms with E-state index in [0.29, 0.717) is 4.75 Å². The predicted molar refractivity (Wildman–Crippen MR) is 70.9 cm³/mol. The molecule has 0 aromatic carbocycles. The Kier molecular flexibility index (Phi) is 3.72. The summed E-state index contributed by atoms with van der Waals surface area (Å²) in [4.78, 5) is 6.76. The molecule has 3 nitrogen and oxygen atoms in total. The lowest BCUT2D eigenvalue weighted by Crippen LogP contribution is -2.43. The Morgan fingerprint density at radius 2 is 2.13 bits per heavy atom. The second-order valence-electron chi connectivity index (χ2n) is 4.16. The standard InChI is InChI=1S/C10H19N3S2/c1-14-10(2-3-10)8-12-9(11)13-4-6-15-7-5-13/h2-8H2,1H3,(H2,11,12). The van der Waals surface area contributed by atoms with Crippen LogP contribution in [-0.4, -0.2) is 53.0 Å². The van der Waals surface area contributed by atoms with Crippen molar-refractivity contribution in [2.24, 2.45) is 10.7 Å². The van der Waals surface area contributed by atoms with Crippen LogP contribution in [-0.2, 0) is 0 Å². The Bertz CT molecular complexity index is 245. The van der Waals surface area contributed by atoms with Crippen LogP contribution in [0.5, 0.6) is 0 Å². The van der Waals surface area contributed by atoms with Crippen molar-refractivity contribution >= 4 is 29.5 Å². The van der Waals surface area contributed by atoms with Crippen LogP contribution in [0.4, 0.5) is 0 Å². The summed E-state index contributed by atoms with van der Waals surface area (Å²) < 4.78 is 0.440. The lowest BCUT2D eigenvalue weighted by atomic mass is 10.4. The number of guanidine groups is 1. The smallest absolute Gasteiger partial charge is 0.191 e. The van der Waals surface area contributed by atoms with Gasteiger partial charge in [0.2, 0.25) is 0 Å². The number of rotatable bonds is 3. The van der Waals surface area contributed by atoms with E-state index < -0.39 is 0 Å². The highest BCUT2D eigenvalue weighted by atomic mass is 32.2. The van der Waals surface area contributed by atoms with Crippen LogP contribution < -0.4 is 5.73 Å². The molecule has 2 rings (SSSR count). The molecule has 0 amide bonds. The lowest BCUT2D eigenvalue weighted by molar-refractivity contribution is 0.455. The average molecular weight is 245 g/mol. The van der Waals surface area contributed by atoms with Gasteiger partial charge in [-0.05, 0) is 19.1 Å². The van der Waals surface area contributed by atoms with Gasteiger partial charge in [0.25, 0.3) is 0 Å². The molecule has 15 heavy (non-hydrogen) atoms. The van der Waals surface area contributed by atoms with E-state index in [0.717, 1.165) is 25.6 Å². The van der Waals surface area contributed by atoms with Crippen molar-refractivity contribution in [1.29, 1.82) is 0 Å². The molecule has 0 aromatic heterocycles. The normalized spacial score (nSPS) is 25.4. The number of nitrogens with zero attached hydrogens (tertiary/aromatic N) is 2. The molecule has 2 fully saturated rings. The minimum Gasteiger partial charge on any atom is -0.370 e. The summed E-state index contributed by atoms with van der Waals surface area (Å²) in [5, 5.41) is 0. The molecule has 1 aliphatic heterocycles. The second-order valence-corrected chi connectivity index (χ2v) is 6.66. The monoisotopic (exact) mass is 245 g/mol. The Morgan fingerprint density at radius 3 is 2.67 bits per heavy atom. The van der Waals surface area contributed by atoms with Gasteiger partial charge in [0, 0.05) is 29.3 Å². The molecule has 1 heterocycles. The summed E-state index contributed by atoms with van der Waals surface area (Å²) in [6.07, 6.45) is 4.79. The maximum absolute atomic E-state index is 6.00. The van der Waals surface area contributed by atoms with Gasteiger partial charge in [-0.15, -0.1) is 0 Å². The molecule has 1 saturated heterocycles. The Hall–Kier alpha value is -0.0300. The van der Waals surface area contributed by atoms with Crippen molar-refractivity contribution in [3.8, 4) is 0 Å². The van der Waals surface area contributed by atoms with Gasteiger partial charge in [-0.25, -0.2) is 0 Å². The number of thioether (sulfide) groups is 2. The minimum atomic E-state index is 0.440. The summed E-state index contributed by atoms with van der Waals surface area (Å²) in [6, 6.07) is 0. The number of hydrogen-bond acceptors (Lipinski definition) is 3. The molecule has 2 N–H and O–H groups in total. The van der Waals surface area contributed by atoms with E-state index in [4.69, 9.17) is 5.73 Å². The highest BCUT2D eigenvalue weighted by Gasteiger charge is 2.41. The zero-order chi connectivity index (χ0) is 10.7. The molecule has 1 saturated carbocycles. The number of nitrogens with two attached hydrogens (primary N) is 1. The van der Waals surface area contributed by atoms with Crippen LogP contribution in [0, 0.1) is 0 Å². The van der Waals surface area contributed by atoms with Gasteiger partial charge in [-0.1, -0.05) is 0 Å². The van der Waals surface area contributed by atoms with Crippen molar-refractivity contribution < 1.29 is 0 Å². The maximum Gasteiger partial charge on any atom is 0.191 e. The van der Waals surface area contributed by atoms with Crippen molar-refractivity contribution in [3.63, 3.8) is 0 Å². The van der Waals surface area contributed by atoms with Crippen molar-refractivity contribution in [1.82, 2.24) is 4.90 Å². The first-order valence-corrected chi connectivity index (χ1v) is 7.81. The fourth-order valence-corrected chi connectivity index (χ4v) is 3.29. The third-order valence-corrected chi connectivity index (χ3v) is 5.45. The molecule has 0 bridgehead atoms. The quantitative estimate of drug-likeness (QED) is 0.600. The van der Waals surface area contributed by atoms with E-state index in [9.17, 15) is 0 Å². The van der Waals surface area contributed by atoms with Crippen LogP contribution in [0.1, 0.15) is 12.8 Å². The first-order valence-electron chi connectivity index (χ1n) is 5.43. The molecular weight excluding hydrogens is 226 g/mol. The van der Waals surface area contributed by atoms with Crippen molar-refractivity contribution in [3.05, 3.63) is 0 Å². The average Bonchev–Trinajstić information content (AvgIpc) is 3.08. The first-order chi connectivity index (χ1) is 7.26. The summed E-state index contributed by atoms with van der Waals surface area (Å²) >= 11 is 3.94. The first kappa shape index (κ1) is 11.5. The zero-order valence-electron chi connectivity index (χ0n) is 9.24. The molecule has 0 atom stereocenters. The van der Waals surface area contributed by atoms with Gasteiger partial charge < -0.3 is 10.6 Å². The SMILES string of the molecule is CSC1(CN=C(N)N2CCSCC2)CC1. The number of hydrogen-bond donors (Lipinski definition) is 1. The van der Waals surface area contributed by atoms with Gasteiger partial charge in [0.1, 0.15) is 0 Å². The van der Waals surface area contributed by atoms with Crippen LogP contribution >= 0.6 is 23.5 Å². The Balaban J connectivity index is 1.83. The van der Waals surface area contributed by atoms with Gasteiger partial charge in [-0.3, -0.25) is 4.99 Å². The van der Waals surface area contributed by atoms with Crippen molar-refractivity contribution in [2.45, 2.75) is 17.6 Å². The summed E-state index contributed by atoms with van der Waals surface area (Å²) in [7, 11) is 0. The van der Waals surface area contributed by atoms with Crippen LogP contribution in [0.15, 0.2) is 4.99 Å². The maximum atomic E-state index is 6.00. The molecule has 0 spiro atoms. The third-order valence-electron chi connectivity index (χ3n) is 3.10. The highest BCUT2D eigenvalue weighted by Crippen LogP contribution is 2.47. The van der Waals surface area contributed by atoms with E-state index >= 15 is 0 Å². The van der Waals surface area contributed by atoms with Gasteiger partial charge in [0.15, 0.2) is 5.96 Å². The van der Waals surface area contributed by atoms with Crippen LogP contribution in [0.2, 0.25) is 0 Å². The topological polar surface area (TPSA) is 41.6 Å². The second kappa shape index (κ2) is 4.87. The lowest BCUT2D eigenvalue weighted by Gasteiger charge is -2.27. The van der Waals surface area contributed by atoms with E-state index in [-0.39, 0.29) is 0 Å². The molecule has 1 aliphatic carbocycles. The van der Waals surface area contributed by atoms with Crippen LogP contribution in [0.3, 0.4) is 0 Å². The summed E-state index contributed by atoms with van der Waals surface area (Å²) in [5.41, 5.74) is 6.00. The summed E-state index contributed by atoms with van der Waals surface area (Å²) in [6.45, 7) is 3.03.